The number of urea groups is 1. The molecule has 12 heavy (non-hydrogen) atoms. The molecule has 1 aromatic rings. The molecule has 1 saturated heterocycles. The van der Waals surface area contributed by atoms with Gasteiger partial charge in [0.2, 0.25) is 0 Å². The fraction of sp³-hybridized carbons (Fsp3) is 0.200. The number of nitrogens with zero attached hydrogens (tertiary/aromatic N) is 3. The van der Waals surface area contributed by atoms with Gasteiger partial charge in [0.05, 0.1) is 11.9 Å². The first kappa shape index (κ1) is 7.17. The third-order valence-corrected chi connectivity index (χ3v) is 1.91. The molecule has 1 fully saturated rings. The zero-order chi connectivity index (χ0) is 8.55. The SMILES string of the molecule is O=C1CNC(=O)N1c1csnn1. The highest BCUT2D eigenvalue weighted by atomic mass is 32.1. The summed E-state index contributed by atoms with van der Waals surface area (Å²) >= 11 is 1.10. The molecular weight excluding hydrogens is 180 g/mol. The van der Waals surface area contributed by atoms with Gasteiger partial charge in [0, 0.05) is 0 Å². The molecule has 0 bridgehead atoms. The van der Waals surface area contributed by atoms with Gasteiger partial charge in [-0.15, -0.1) is 5.10 Å². The van der Waals surface area contributed by atoms with Crippen LogP contribution >= 0.6 is 11.5 Å². The lowest BCUT2D eigenvalue weighted by Crippen LogP contribution is -2.30. The zero-order valence-electron chi connectivity index (χ0n) is 5.85. The topological polar surface area (TPSA) is 75.2 Å². The van der Waals surface area contributed by atoms with Crippen molar-refractivity contribution in [1.82, 2.24) is 14.9 Å². The van der Waals surface area contributed by atoms with E-state index < -0.39 is 6.03 Å². The Hall–Kier alpha value is -1.50. The summed E-state index contributed by atoms with van der Waals surface area (Å²) in [5.74, 6) is -0.00676. The van der Waals surface area contributed by atoms with Crippen molar-refractivity contribution in [2.75, 3.05) is 11.4 Å². The van der Waals surface area contributed by atoms with Crippen LogP contribution in [0.4, 0.5) is 10.6 Å². The van der Waals surface area contributed by atoms with Crippen molar-refractivity contribution in [2.24, 2.45) is 0 Å². The highest BCUT2D eigenvalue weighted by Crippen LogP contribution is 2.14. The largest absolute Gasteiger partial charge is 0.330 e. The maximum absolute atomic E-state index is 11.1. The Morgan fingerprint density at radius 3 is 2.92 bits per heavy atom. The molecule has 2 heterocycles. The van der Waals surface area contributed by atoms with Crippen molar-refractivity contribution >= 4 is 29.3 Å². The number of aromatic nitrogens is 2. The third kappa shape index (κ3) is 0.944. The van der Waals surface area contributed by atoms with Gasteiger partial charge < -0.3 is 5.32 Å². The van der Waals surface area contributed by atoms with E-state index in [-0.39, 0.29) is 12.5 Å². The van der Waals surface area contributed by atoms with Crippen molar-refractivity contribution in [3.05, 3.63) is 5.38 Å². The normalized spacial score (nSPS) is 16.8. The van der Waals surface area contributed by atoms with E-state index in [2.05, 4.69) is 14.9 Å². The number of imide groups is 1. The Balaban J connectivity index is 2.34. The van der Waals surface area contributed by atoms with Crippen LogP contribution in [0.5, 0.6) is 0 Å². The molecule has 0 aromatic carbocycles. The Morgan fingerprint density at radius 2 is 2.42 bits per heavy atom. The summed E-state index contributed by atoms with van der Waals surface area (Å²) in [6, 6.07) is -0.437. The molecule has 0 atom stereocenters. The number of hydrogen-bond donors (Lipinski definition) is 1. The van der Waals surface area contributed by atoms with E-state index in [9.17, 15) is 9.59 Å². The Kier molecular flexibility index (Phi) is 1.51. The van der Waals surface area contributed by atoms with E-state index >= 15 is 0 Å². The first-order chi connectivity index (χ1) is 5.79. The van der Waals surface area contributed by atoms with Crippen LogP contribution in [0.15, 0.2) is 5.38 Å². The van der Waals surface area contributed by atoms with Crippen LogP contribution in [0.3, 0.4) is 0 Å². The van der Waals surface area contributed by atoms with Gasteiger partial charge in [0.15, 0.2) is 5.82 Å². The Morgan fingerprint density at radius 1 is 1.58 bits per heavy atom. The number of nitrogens with one attached hydrogen (secondary N) is 1. The lowest BCUT2D eigenvalue weighted by Gasteiger charge is -2.05. The Bertz CT molecular complexity index is 306. The second-order valence-electron chi connectivity index (χ2n) is 2.15. The van der Waals surface area contributed by atoms with Crippen LogP contribution in [0.1, 0.15) is 0 Å². The van der Waals surface area contributed by atoms with Gasteiger partial charge in [-0.25, -0.2) is 9.69 Å². The van der Waals surface area contributed by atoms with E-state index in [0.717, 1.165) is 16.4 Å². The van der Waals surface area contributed by atoms with E-state index in [4.69, 9.17) is 0 Å². The molecule has 0 unspecified atom stereocenters. The predicted molar refractivity (Wildman–Crippen MR) is 40.8 cm³/mol. The number of amides is 3. The van der Waals surface area contributed by atoms with Gasteiger partial charge in [-0.2, -0.15) is 0 Å². The number of carbonyl (C=O) groups excluding carboxylic acids is 2. The van der Waals surface area contributed by atoms with Crippen LogP contribution in [-0.4, -0.2) is 28.1 Å². The molecule has 1 aromatic heterocycles. The number of anilines is 1. The fourth-order valence-electron chi connectivity index (χ4n) is 0.912. The smallest absolute Gasteiger partial charge is 0.328 e. The molecule has 62 valence electrons. The predicted octanol–water partition coefficient (Wildman–Crippen LogP) is -0.406. The molecule has 0 saturated carbocycles. The summed E-state index contributed by atoms with van der Waals surface area (Å²) in [6.45, 7) is 0.0381. The molecule has 0 radical (unpaired) electrons. The molecule has 1 N–H and O–H groups in total. The molecule has 2 rings (SSSR count). The highest BCUT2D eigenvalue weighted by molar-refractivity contribution is 7.03. The average Bonchev–Trinajstić information content (AvgIpc) is 2.61. The van der Waals surface area contributed by atoms with E-state index in [0.29, 0.717) is 5.82 Å². The van der Waals surface area contributed by atoms with Crippen LogP contribution < -0.4 is 10.2 Å². The molecule has 7 heteroatoms. The summed E-state index contributed by atoms with van der Waals surface area (Å²) in [6.07, 6.45) is 0. The van der Waals surface area contributed by atoms with E-state index in [1.807, 2.05) is 0 Å². The van der Waals surface area contributed by atoms with E-state index in [1.165, 1.54) is 0 Å². The molecule has 0 spiro atoms. The first-order valence-corrected chi connectivity index (χ1v) is 4.00. The maximum Gasteiger partial charge on any atom is 0.330 e. The van der Waals surface area contributed by atoms with Crippen LogP contribution in [-0.2, 0) is 4.79 Å². The minimum atomic E-state index is -0.437. The summed E-state index contributed by atoms with van der Waals surface area (Å²) < 4.78 is 3.55. The number of carbonyl (C=O) groups is 2. The summed E-state index contributed by atoms with van der Waals surface area (Å²) in [5, 5.41) is 7.54. The van der Waals surface area contributed by atoms with Gasteiger partial charge in [0.1, 0.15) is 0 Å². The van der Waals surface area contributed by atoms with Gasteiger partial charge >= 0.3 is 6.03 Å². The zero-order valence-corrected chi connectivity index (χ0v) is 6.67. The van der Waals surface area contributed by atoms with Crippen LogP contribution in [0.25, 0.3) is 0 Å². The monoisotopic (exact) mass is 184 g/mol. The molecule has 1 aliphatic heterocycles. The lowest BCUT2D eigenvalue weighted by atomic mass is 10.5. The summed E-state index contributed by atoms with van der Waals surface area (Å²) in [4.78, 5) is 23.1. The van der Waals surface area contributed by atoms with Crippen molar-refractivity contribution in [1.29, 1.82) is 0 Å². The van der Waals surface area contributed by atoms with Crippen LogP contribution in [0, 0.1) is 0 Å². The van der Waals surface area contributed by atoms with Crippen molar-refractivity contribution in [2.45, 2.75) is 0 Å². The molecular formula is C5H4N4O2S. The van der Waals surface area contributed by atoms with E-state index in [1.54, 1.807) is 5.38 Å². The number of rotatable bonds is 1. The molecule has 0 aliphatic carbocycles. The van der Waals surface area contributed by atoms with Gasteiger partial charge in [-0.1, -0.05) is 4.49 Å². The summed E-state index contributed by atoms with van der Waals surface area (Å²) in [5.41, 5.74) is 0. The Labute approximate surface area is 71.3 Å². The lowest BCUT2D eigenvalue weighted by molar-refractivity contribution is -0.115. The van der Waals surface area contributed by atoms with Gasteiger partial charge in [0.25, 0.3) is 5.91 Å². The number of hydrogen-bond acceptors (Lipinski definition) is 5. The van der Waals surface area contributed by atoms with Crippen LogP contribution in [0.2, 0.25) is 0 Å². The molecule has 6 nitrogen and oxygen atoms in total. The summed E-state index contributed by atoms with van der Waals surface area (Å²) in [7, 11) is 0. The molecule has 1 aliphatic rings. The van der Waals surface area contributed by atoms with Crippen molar-refractivity contribution in [3.63, 3.8) is 0 Å². The third-order valence-electron chi connectivity index (χ3n) is 1.42. The first-order valence-electron chi connectivity index (χ1n) is 3.17. The second-order valence-corrected chi connectivity index (χ2v) is 2.76. The second kappa shape index (κ2) is 2.52. The average molecular weight is 184 g/mol. The molecule has 3 amide bonds. The quantitative estimate of drug-likeness (QED) is 0.602. The minimum Gasteiger partial charge on any atom is -0.328 e. The van der Waals surface area contributed by atoms with Crippen molar-refractivity contribution < 1.29 is 9.59 Å². The van der Waals surface area contributed by atoms with Gasteiger partial charge in [-0.3, -0.25) is 4.79 Å². The maximum atomic E-state index is 11.1. The van der Waals surface area contributed by atoms with Crippen molar-refractivity contribution in [3.8, 4) is 0 Å². The fourth-order valence-corrected chi connectivity index (χ4v) is 1.34. The van der Waals surface area contributed by atoms with Gasteiger partial charge in [-0.05, 0) is 11.5 Å². The highest BCUT2D eigenvalue weighted by Gasteiger charge is 2.31. The standard InChI is InChI=1S/C5H4N4O2S/c10-4-1-6-5(11)9(4)3-2-12-8-7-3/h2H,1H2,(H,6,11). The minimum absolute atomic E-state index is 0.0381.